The summed E-state index contributed by atoms with van der Waals surface area (Å²) in [5.74, 6) is -2.30. The topological polar surface area (TPSA) is 279 Å². The van der Waals surface area contributed by atoms with Crippen LogP contribution in [0.3, 0.4) is 0 Å². The molecule has 17 nitrogen and oxygen atoms in total. The smallest absolute Gasteiger partial charge is 0.239 e. The fraction of sp³-hybridized carbons (Fsp3) is 0.464. The minimum absolute atomic E-state index is 0.0448. The molecule has 2 fully saturated rings. The van der Waals surface area contributed by atoms with E-state index >= 15 is 0 Å². The molecule has 0 amide bonds. The fourth-order valence-electron chi connectivity index (χ4n) is 5.02. The van der Waals surface area contributed by atoms with E-state index in [0.717, 1.165) is 12.1 Å². The van der Waals surface area contributed by atoms with E-state index in [9.17, 15) is 55.9 Å². The Morgan fingerprint density at radius 2 is 1.31 bits per heavy atom. The summed E-state index contributed by atoms with van der Waals surface area (Å²) in [7, 11) is 1.27. The SMILES string of the molecule is COc1cc(-c2oc3cc(O[C@H]4O[C@@H](CO)[C@H](O)[C@@H](O)[C@@H]4O)cc(O)c3c(=O)c2O[C@H]2O[C@@H](CO)[C@H](O)[C@H](O)[C@@H]2O)ccc1O. The van der Waals surface area contributed by atoms with Crippen molar-refractivity contribution in [3.8, 4) is 40.1 Å². The molecule has 2 aliphatic heterocycles. The second-order valence-corrected chi connectivity index (χ2v) is 10.4. The van der Waals surface area contributed by atoms with Crippen molar-refractivity contribution in [3.63, 3.8) is 0 Å². The van der Waals surface area contributed by atoms with Crippen LogP contribution in [-0.2, 0) is 9.47 Å². The first-order valence-corrected chi connectivity index (χ1v) is 13.6. The molecule has 10 atom stereocenters. The predicted octanol–water partition coefficient (Wildman–Crippen LogP) is -2.76. The number of rotatable bonds is 8. The van der Waals surface area contributed by atoms with E-state index in [1.54, 1.807) is 0 Å². The number of phenols is 2. The minimum atomic E-state index is -1.91. The van der Waals surface area contributed by atoms with Crippen LogP contribution in [0.25, 0.3) is 22.3 Å². The molecule has 0 aliphatic carbocycles. The van der Waals surface area contributed by atoms with Crippen LogP contribution in [-0.4, -0.2) is 133 Å². The molecule has 2 aliphatic rings. The number of aliphatic hydroxyl groups is 8. The van der Waals surface area contributed by atoms with Gasteiger partial charge in [0.2, 0.25) is 23.8 Å². The number of hydrogen-bond donors (Lipinski definition) is 10. The van der Waals surface area contributed by atoms with Crippen LogP contribution in [0.15, 0.2) is 39.5 Å². The largest absolute Gasteiger partial charge is 0.507 e. The van der Waals surface area contributed by atoms with Gasteiger partial charge in [0.15, 0.2) is 17.3 Å². The summed E-state index contributed by atoms with van der Waals surface area (Å²) in [6.07, 6.45) is -16.8. The molecule has 3 aromatic rings. The maximum absolute atomic E-state index is 13.8. The second-order valence-electron chi connectivity index (χ2n) is 10.4. The molecule has 45 heavy (non-hydrogen) atoms. The molecule has 3 heterocycles. The molecule has 0 bridgehead atoms. The Hall–Kier alpha value is -3.75. The van der Waals surface area contributed by atoms with Crippen molar-refractivity contribution >= 4 is 11.0 Å². The molecule has 17 heteroatoms. The molecular weight excluding hydrogens is 608 g/mol. The van der Waals surface area contributed by atoms with Crippen molar-refractivity contribution in [2.24, 2.45) is 0 Å². The summed E-state index contributed by atoms with van der Waals surface area (Å²) in [6, 6.07) is 5.87. The van der Waals surface area contributed by atoms with Crippen LogP contribution in [0.1, 0.15) is 0 Å². The highest BCUT2D eigenvalue weighted by molar-refractivity contribution is 5.88. The van der Waals surface area contributed by atoms with E-state index < -0.39 is 96.9 Å². The Morgan fingerprint density at radius 3 is 1.87 bits per heavy atom. The minimum Gasteiger partial charge on any atom is -0.507 e. The van der Waals surface area contributed by atoms with Gasteiger partial charge in [-0.2, -0.15) is 0 Å². The molecule has 5 rings (SSSR count). The quantitative estimate of drug-likeness (QED) is 0.119. The maximum Gasteiger partial charge on any atom is 0.239 e. The number of ether oxygens (including phenoxy) is 5. The average molecular weight is 641 g/mol. The van der Waals surface area contributed by atoms with Crippen molar-refractivity contribution < 1.29 is 79.2 Å². The number of aliphatic hydroxyl groups excluding tert-OH is 8. The van der Waals surface area contributed by atoms with Crippen molar-refractivity contribution in [3.05, 3.63) is 40.6 Å². The number of fused-ring (bicyclic) bond motifs is 1. The third kappa shape index (κ3) is 5.98. The lowest BCUT2D eigenvalue weighted by Crippen LogP contribution is -2.60. The van der Waals surface area contributed by atoms with Gasteiger partial charge in [0.25, 0.3) is 0 Å². The van der Waals surface area contributed by atoms with Gasteiger partial charge >= 0.3 is 0 Å². The summed E-state index contributed by atoms with van der Waals surface area (Å²) >= 11 is 0. The van der Waals surface area contributed by atoms with Crippen molar-refractivity contribution in [2.45, 2.75) is 61.4 Å². The zero-order valence-corrected chi connectivity index (χ0v) is 23.4. The zero-order chi connectivity index (χ0) is 32.7. The zero-order valence-electron chi connectivity index (χ0n) is 23.4. The molecule has 0 unspecified atom stereocenters. The van der Waals surface area contributed by atoms with Gasteiger partial charge < -0.3 is 79.2 Å². The Balaban J connectivity index is 1.61. The molecule has 2 saturated heterocycles. The van der Waals surface area contributed by atoms with Gasteiger partial charge in [-0.05, 0) is 18.2 Å². The number of hydrogen-bond acceptors (Lipinski definition) is 17. The van der Waals surface area contributed by atoms with Crippen LogP contribution < -0.4 is 19.6 Å². The lowest BCUT2D eigenvalue weighted by molar-refractivity contribution is -0.277. The number of methoxy groups -OCH3 is 1. The van der Waals surface area contributed by atoms with Gasteiger partial charge in [-0.15, -0.1) is 0 Å². The lowest BCUT2D eigenvalue weighted by Gasteiger charge is -2.39. The summed E-state index contributed by atoms with van der Waals surface area (Å²) in [4.78, 5) is 13.8. The van der Waals surface area contributed by atoms with E-state index in [2.05, 4.69) is 0 Å². The van der Waals surface area contributed by atoms with Crippen LogP contribution in [0, 0.1) is 0 Å². The third-order valence-electron chi connectivity index (χ3n) is 7.53. The summed E-state index contributed by atoms with van der Waals surface area (Å²) < 4.78 is 33.1. The average Bonchev–Trinajstić information content (AvgIpc) is 3.02. The van der Waals surface area contributed by atoms with Crippen LogP contribution in [0.2, 0.25) is 0 Å². The normalized spacial score (nSPS) is 31.9. The first-order valence-electron chi connectivity index (χ1n) is 13.6. The molecule has 0 saturated carbocycles. The molecule has 0 radical (unpaired) electrons. The van der Waals surface area contributed by atoms with Gasteiger partial charge in [0.05, 0.1) is 20.3 Å². The van der Waals surface area contributed by atoms with Gasteiger partial charge in [0, 0.05) is 17.7 Å². The van der Waals surface area contributed by atoms with E-state index in [1.807, 2.05) is 0 Å². The third-order valence-corrected chi connectivity index (χ3v) is 7.53. The van der Waals surface area contributed by atoms with Crippen LogP contribution in [0.5, 0.6) is 28.7 Å². The monoisotopic (exact) mass is 640 g/mol. The Morgan fingerprint density at radius 1 is 0.733 bits per heavy atom. The van der Waals surface area contributed by atoms with E-state index in [0.29, 0.717) is 0 Å². The highest BCUT2D eigenvalue weighted by atomic mass is 16.7. The fourth-order valence-corrected chi connectivity index (χ4v) is 5.02. The highest BCUT2D eigenvalue weighted by Crippen LogP contribution is 2.40. The van der Waals surface area contributed by atoms with Crippen molar-refractivity contribution in [2.75, 3.05) is 20.3 Å². The highest BCUT2D eigenvalue weighted by Gasteiger charge is 2.46. The van der Waals surface area contributed by atoms with E-state index in [1.165, 1.54) is 25.3 Å². The van der Waals surface area contributed by atoms with Gasteiger partial charge in [-0.25, -0.2) is 0 Å². The van der Waals surface area contributed by atoms with Crippen LogP contribution >= 0.6 is 0 Å². The first kappa shape index (κ1) is 32.6. The number of aromatic hydroxyl groups is 2. The predicted molar refractivity (Wildman–Crippen MR) is 147 cm³/mol. The molecule has 246 valence electrons. The Bertz CT molecular complexity index is 1570. The number of phenolic OH excluding ortho intramolecular Hbond substituents is 2. The Labute approximate surface area is 252 Å². The summed E-state index contributed by atoms with van der Waals surface area (Å²) in [5, 5.41) is 101. The standard InChI is InChI=1S/C28H32O17/c1-40-13-4-9(2-3-11(13)31)25-26(45-28-24(39)22(37)19(34)16(8-30)44-28)20(35)17-12(32)5-10(6-14(17)42-25)41-27-23(38)21(36)18(33)15(7-29)43-27/h2-6,15-16,18-19,21-24,27-34,36-39H,7-8H2,1H3/t15-,16-,18-,19-,21+,22-,23-,24-,27-,28+/m0/s1. The van der Waals surface area contributed by atoms with Crippen LogP contribution in [0.4, 0.5) is 0 Å². The van der Waals surface area contributed by atoms with Crippen molar-refractivity contribution in [1.29, 1.82) is 0 Å². The first-order chi connectivity index (χ1) is 21.4. The van der Waals surface area contributed by atoms with E-state index in [-0.39, 0.29) is 34.2 Å². The second kappa shape index (κ2) is 12.9. The summed E-state index contributed by atoms with van der Waals surface area (Å²) in [6.45, 7) is -1.50. The molecule has 0 spiro atoms. The maximum atomic E-state index is 13.8. The number of benzene rings is 2. The van der Waals surface area contributed by atoms with E-state index in [4.69, 9.17) is 28.1 Å². The van der Waals surface area contributed by atoms with Gasteiger partial charge in [0.1, 0.15) is 71.3 Å². The van der Waals surface area contributed by atoms with Crippen molar-refractivity contribution in [1.82, 2.24) is 0 Å². The van der Waals surface area contributed by atoms with Gasteiger partial charge in [-0.3, -0.25) is 4.79 Å². The summed E-state index contributed by atoms with van der Waals surface area (Å²) in [5.41, 5.74) is -1.27. The molecular formula is C28H32O17. The Kier molecular flexibility index (Phi) is 9.38. The molecule has 10 N–H and O–H groups in total. The van der Waals surface area contributed by atoms with Gasteiger partial charge in [-0.1, -0.05) is 0 Å². The molecule has 1 aromatic heterocycles. The lowest BCUT2D eigenvalue weighted by atomic mass is 9.99. The molecule has 2 aromatic carbocycles.